The highest BCUT2D eigenvalue weighted by Crippen LogP contribution is 2.21. The lowest BCUT2D eigenvalue weighted by Crippen LogP contribution is -2.49. The van der Waals surface area contributed by atoms with Crippen LogP contribution in [0.2, 0.25) is 0 Å². The number of amides is 1. The van der Waals surface area contributed by atoms with Crippen molar-refractivity contribution in [3.63, 3.8) is 0 Å². The lowest BCUT2D eigenvalue weighted by molar-refractivity contribution is -0.140. The summed E-state index contributed by atoms with van der Waals surface area (Å²) in [5.41, 5.74) is -0.127. The van der Waals surface area contributed by atoms with Crippen LogP contribution in [0.4, 0.5) is 13.2 Å². The van der Waals surface area contributed by atoms with Gasteiger partial charge in [-0.25, -0.2) is 4.79 Å². The molecule has 0 saturated carbocycles. The molecule has 7 nitrogen and oxygen atoms in total. The summed E-state index contributed by atoms with van der Waals surface area (Å²) in [7, 11) is 4.03. The van der Waals surface area contributed by atoms with E-state index in [0.717, 1.165) is 26.2 Å². The normalized spacial score (nSPS) is 16.3. The Hall–Kier alpha value is -2.33. The SMILES string of the molecule is CN(C)CCN1CCN(C(=O)c2ccc3c(c2)[nH]c(=O)n3CC(F)(F)F)CC1. The predicted octanol–water partition coefficient (Wildman–Crippen LogP) is 1.21. The quantitative estimate of drug-likeness (QED) is 0.821. The number of rotatable bonds is 5. The molecule has 0 radical (unpaired) electrons. The fourth-order valence-electron chi connectivity index (χ4n) is 3.33. The minimum absolute atomic E-state index is 0.132. The number of alkyl halides is 3. The van der Waals surface area contributed by atoms with Crippen molar-refractivity contribution in [1.82, 2.24) is 24.3 Å². The zero-order chi connectivity index (χ0) is 20.5. The van der Waals surface area contributed by atoms with Crippen LogP contribution in [0.15, 0.2) is 23.0 Å². The molecular weight excluding hydrogens is 375 g/mol. The van der Waals surface area contributed by atoms with Gasteiger partial charge < -0.3 is 14.8 Å². The standard InChI is InChI=1S/C18H24F3N5O2/c1-23(2)5-6-24-7-9-25(10-8-24)16(27)13-3-4-15-14(11-13)22-17(28)26(15)12-18(19,20)21/h3-4,11H,5-10,12H2,1-2H3,(H,22,28). The fourth-order valence-corrected chi connectivity index (χ4v) is 3.33. The summed E-state index contributed by atoms with van der Waals surface area (Å²) in [6.07, 6.45) is -4.50. The number of carbonyl (C=O) groups excluding carboxylic acids is 1. The Morgan fingerprint density at radius 1 is 1.18 bits per heavy atom. The number of nitrogens with one attached hydrogen (secondary N) is 1. The van der Waals surface area contributed by atoms with Crippen LogP contribution < -0.4 is 5.69 Å². The zero-order valence-corrected chi connectivity index (χ0v) is 15.9. The van der Waals surface area contributed by atoms with E-state index in [-0.39, 0.29) is 16.9 Å². The van der Waals surface area contributed by atoms with Crippen molar-refractivity contribution < 1.29 is 18.0 Å². The van der Waals surface area contributed by atoms with Gasteiger partial charge in [0.25, 0.3) is 5.91 Å². The zero-order valence-electron chi connectivity index (χ0n) is 15.9. The molecule has 1 amide bonds. The van der Waals surface area contributed by atoms with Crippen molar-refractivity contribution in [2.45, 2.75) is 12.7 Å². The number of benzene rings is 1. The summed E-state index contributed by atoms with van der Waals surface area (Å²) >= 11 is 0. The number of halogens is 3. The average molecular weight is 399 g/mol. The van der Waals surface area contributed by atoms with Gasteiger partial charge in [-0.15, -0.1) is 0 Å². The molecule has 0 aliphatic carbocycles. The van der Waals surface area contributed by atoms with Crippen LogP contribution in [0.3, 0.4) is 0 Å². The molecule has 1 aliphatic heterocycles. The highest BCUT2D eigenvalue weighted by atomic mass is 19.4. The maximum atomic E-state index is 12.8. The topological polar surface area (TPSA) is 64.6 Å². The van der Waals surface area contributed by atoms with Gasteiger partial charge in [0.1, 0.15) is 6.54 Å². The molecule has 154 valence electrons. The maximum absolute atomic E-state index is 12.8. The molecule has 1 aliphatic rings. The first-order valence-electron chi connectivity index (χ1n) is 9.10. The summed E-state index contributed by atoms with van der Waals surface area (Å²) in [4.78, 5) is 33.1. The second-order valence-corrected chi connectivity index (χ2v) is 7.30. The number of hydrogen-bond donors (Lipinski definition) is 1. The van der Waals surface area contributed by atoms with Gasteiger partial charge in [0.05, 0.1) is 11.0 Å². The van der Waals surface area contributed by atoms with Crippen molar-refractivity contribution >= 4 is 16.9 Å². The van der Waals surface area contributed by atoms with Crippen LogP contribution in [0.5, 0.6) is 0 Å². The number of carbonyl (C=O) groups is 1. The number of nitrogens with zero attached hydrogens (tertiary/aromatic N) is 4. The minimum Gasteiger partial charge on any atom is -0.336 e. The maximum Gasteiger partial charge on any atom is 0.406 e. The molecule has 1 fully saturated rings. The van der Waals surface area contributed by atoms with Gasteiger partial charge in [-0.1, -0.05) is 0 Å². The third kappa shape index (κ3) is 4.74. The van der Waals surface area contributed by atoms with Crippen molar-refractivity contribution in [2.24, 2.45) is 0 Å². The molecule has 0 unspecified atom stereocenters. The Bertz CT molecular complexity index is 895. The van der Waals surface area contributed by atoms with Gasteiger partial charge in [-0.2, -0.15) is 13.2 Å². The van der Waals surface area contributed by atoms with Crippen molar-refractivity contribution in [1.29, 1.82) is 0 Å². The number of likely N-dealkylation sites (N-methyl/N-ethyl adjacent to an activating group) is 1. The molecule has 0 spiro atoms. The third-order valence-electron chi connectivity index (χ3n) is 4.88. The first kappa shape index (κ1) is 20.4. The number of aromatic nitrogens is 2. The van der Waals surface area contributed by atoms with E-state index in [1.165, 1.54) is 18.2 Å². The molecule has 2 aromatic rings. The molecule has 10 heteroatoms. The van der Waals surface area contributed by atoms with Crippen LogP contribution in [0, 0.1) is 0 Å². The molecule has 2 heterocycles. The highest BCUT2D eigenvalue weighted by Gasteiger charge is 2.30. The van der Waals surface area contributed by atoms with Crippen molar-refractivity contribution in [3.05, 3.63) is 34.2 Å². The lowest BCUT2D eigenvalue weighted by Gasteiger charge is -2.35. The van der Waals surface area contributed by atoms with E-state index in [1.807, 2.05) is 14.1 Å². The third-order valence-corrected chi connectivity index (χ3v) is 4.88. The Morgan fingerprint density at radius 2 is 1.86 bits per heavy atom. The highest BCUT2D eigenvalue weighted by molar-refractivity contribution is 5.97. The first-order chi connectivity index (χ1) is 13.1. The van der Waals surface area contributed by atoms with Gasteiger partial charge in [0.15, 0.2) is 0 Å². The molecule has 3 rings (SSSR count). The molecule has 1 aromatic heterocycles. The van der Waals surface area contributed by atoms with Gasteiger partial charge in [0, 0.05) is 44.8 Å². The molecule has 0 bridgehead atoms. The molecule has 1 aromatic carbocycles. The summed E-state index contributed by atoms with van der Waals surface area (Å²) in [5.74, 6) is -0.182. The Balaban J connectivity index is 1.70. The Morgan fingerprint density at radius 3 is 2.46 bits per heavy atom. The predicted molar refractivity (Wildman–Crippen MR) is 99.5 cm³/mol. The fraction of sp³-hybridized carbons (Fsp3) is 0.556. The van der Waals surface area contributed by atoms with Crippen LogP contribution in [0.25, 0.3) is 11.0 Å². The summed E-state index contributed by atoms with van der Waals surface area (Å²) in [6.45, 7) is 3.27. The number of fused-ring (bicyclic) bond motifs is 1. The summed E-state index contributed by atoms with van der Waals surface area (Å²) < 4.78 is 38.6. The minimum atomic E-state index is -4.50. The largest absolute Gasteiger partial charge is 0.406 e. The first-order valence-corrected chi connectivity index (χ1v) is 9.10. The van der Waals surface area contributed by atoms with Crippen LogP contribution in [-0.4, -0.2) is 89.7 Å². The number of aromatic amines is 1. The Kier molecular flexibility index (Phi) is 5.80. The van der Waals surface area contributed by atoms with Crippen LogP contribution in [0.1, 0.15) is 10.4 Å². The van der Waals surface area contributed by atoms with E-state index in [2.05, 4.69) is 14.8 Å². The van der Waals surface area contributed by atoms with Gasteiger partial charge in [-0.05, 0) is 32.3 Å². The molecular formula is C18H24F3N5O2. The van der Waals surface area contributed by atoms with E-state index in [1.54, 1.807) is 4.90 Å². The van der Waals surface area contributed by atoms with Crippen molar-refractivity contribution in [2.75, 3.05) is 53.4 Å². The van der Waals surface area contributed by atoms with Gasteiger partial charge >= 0.3 is 11.9 Å². The lowest BCUT2D eigenvalue weighted by atomic mass is 10.1. The van der Waals surface area contributed by atoms with Gasteiger partial charge in [-0.3, -0.25) is 14.3 Å². The molecule has 0 atom stereocenters. The number of imidazole rings is 1. The molecule has 1 N–H and O–H groups in total. The summed E-state index contributed by atoms with van der Waals surface area (Å²) in [6, 6.07) is 4.31. The number of hydrogen-bond acceptors (Lipinski definition) is 4. The van der Waals surface area contributed by atoms with E-state index in [0.29, 0.717) is 23.2 Å². The van der Waals surface area contributed by atoms with Crippen LogP contribution >= 0.6 is 0 Å². The molecule has 1 saturated heterocycles. The molecule has 28 heavy (non-hydrogen) atoms. The number of piperazine rings is 1. The van der Waals surface area contributed by atoms with Crippen molar-refractivity contribution in [3.8, 4) is 0 Å². The van der Waals surface area contributed by atoms with E-state index in [4.69, 9.17) is 0 Å². The number of H-pyrrole nitrogens is 1. The summed E-state index contributed by atoms with van der Waals surface area (Å²) in [5, 5.41) is 0. The average Bonchev–Trinajstić information content (AvgIpc) is 2.93. The second kappa shape index (κ2) is 7.96. The van der Waals surface area contributed by atoms with E-state index in [9.17, 15) is 22.8 Å². The van der Waals surface area contributed by atoms with Gasteiger partial charge in [0.2, 0.25) is 0 Å². The van der Waals surface area contributed by atoms with Crippen LogP contribution in [-0.2, 0) is 6.54 Å². The smallest absolute Gasteiger partial charge is 0.336 e. The van der Waals surface area contributed by atoms with E-state index >= 15 is 0 Å². The second-order valence-electron chi connectivity index (χ2n) is 7.30. The Labute approximate surface area is 160 Å². The monoisotopic (exact) mass is 399 g/mol. The van der Waals surface area contributed by atoms with E-state index < -0.39 is 18.4 Å².